The van der Waals surface area contributed by atoms with Gasteiger partial charge in [-0.15, -0.1) is 0 Å². The normalized spacial score (nSPS) is 20.1. The fourth-order valence-corrected chi connectivity index (χ4v) is 3.21. The van der Waals surface area contributed by atoms with Crippen LogP contribution < -0.4 is 10.1 Å². The van der Waals surface area contributed by atoms with Gasteiger partial charge in [0.25, 0.3) is 5.19 Å². The van der Waals surface area contributed by atoms with E-state index in [2.05, 4.69) is 16.4 Å². The van der Waals surface area contributed by atoms with Crippen LogP contribution in [-0.4, -0.2) is 24.2 Å². The maximum Gasteiger partial charge on any atom is 0.274 e. The summed E-state index contributed by atoms with van der Waals surface area (Å²) in [4.78, 5) is 4.47. The largest absolute Gasteiger partial charge is 0.470 e. The summed E-state index contributed by atoms with van der Waals surface area (Å²) in [6, 6.07) is 8.80. The van der Waals surface area contributed by atoms with Crippen molar-refractivity contribution in [1.29, 1.82) is 0 Å². The van der Waals surface area contributed by atoms with E-state index in [9.17, 15) is 0 Å². The van der Waals surface area contributed by atoms with Crippen LogP contribution in [-0.2, 0) is 0 Å². The van der Waals surface area contributed by atoms with E-state index < -0.39 is 0 Å². The topological polar surface area (TPSA) is 34.1 Å². The number of hydrogen-bond donors (Lipinski definition) is 1. The van der Waals surface area contributed by atoms with E-state index in [1.54, 1.807) is 11.3 Å². The molecule has 2 aromatic rings. The van der Waals surface area contributed by atoms with Gasteiger partial charge in [0.15, 0.2) is 0 Å². The molecule has 1 aromatic carbocycles. The van der Waals surface area contributed by atoms with Crippen molar-refractivity contribution in [3.05, 3.63) is 24.3 Å². The summed E-state index contributed by atoms with van der Waals surface area (Å²) in [6.07, 6.45) is 5.02. The van der Waals surface area contributed by atoms with Gasteiger partial charge in [-0.25, -0.2) is 4.98 Å². The minimum Gasteiger partial charge on any atom is -0.470 e. The van der Waals surface area contributed by atoms with Crippen LogP contribution in [0.25, 0.3) is 10.2 Å². The Kier molecular flexibility index (Phi) is 3.76. The molecule has 3 nitrogen and oxygen atoms in total. The zero-order chi connectivity index (χ0) is 12.2. The monoisotopic (exact) mass is 262 g/mol. The lowest BCUT2D eigenvalue weighted by molar-refractivity contribution is 0.267. The van der Waals surface area contributed by atoms with Crippen LogP contribution in [0.1, 0.15) is 25.7 Å². The number of nitrogens with one attached hydrogen (secondary N) is 1. The average molecular weight is 262 g/mol. The Morgan fingerprint density at radius 1 is 1.33 bits per heavy atom. The molecular formula is C14H18N2OS. The van der Waals surface area contributed by atoms with E-state index >= 15 is 0 Å². The van der Waals surface area contributed by atoms with Gasteiger partial charge < -0.3 is 10.1 Å². The van der Waals surface area contributed by atoms with Gasteiger partial charge in [-0.3, -0.25) is 0 Å². The maximum absolute atomic E-state index is 5.76. The second kappa shape index (κ2) is 5.67. The van der Waals surface area contributed by atoms with Gasteiger partial charge >= 0.3 is 0 Å². The summed E-state index contributed by atoms with van der Waals surface area (Å²) >= 11 is 1.63. The Morgan fingerprint density at radius 2 is 2.28 bits per heavy atom. The minimum absolute atomic E-state index is 0.633. The Morgan fingerprint density at radius 3 is 3.11 bits per heavy atom. The van der Waals surface area contributed by atoms with Crippen LogP contribution in [0.5, 0.6) is 5.19 Å². The number of benzene rings is 1. The number of fused-ring (bicyclic) bond motifs is 1. The quantitative estimate of drug-likeness (QED) is 0.918. The van der Waals surface area contributed by atoms with E-state index in [1.807, 2.05) is 18.2 Å². The zero-order valence-corrected chi connectivity index (χ0v) is 11.2. The highest BCUT2D eigenvalue weighted by molar-refractivity contribution is 7.20. The van der Waals surface area contributed by atoms with E-state index in [1.165, 1.54) is 24.0 Å². The molecule has 2 heterocycles. The number of aromatic nitrogens is 1. The van der Waals surface area contributed by atoms with Crippen molar-refractivity contribution in [3.8, 4) is 5.19 Å². The lowest BCUT2D eigenvalue weighted by atomic mass is 10.0. The predicted molar refractivity (Wildman–Crippen MR) is 75.4 cm³/mol. The van der Waals surface area contributed by atoms with Gasteiger partial charge in [-0.2, -0.15) is 0 Å². The van der Waals surface area contributed by atoms with Crippen molar-refractivity contribution in [2.75, 3.05) is 13.2 Å². The highest BCUT2D eigenvalue weighted by Crippen LogP contribution is 2.27. The molecule has 96 valence electrons. The summed E-state index contributed by atoms with van der Waals surface area (Å²) < 4.78 is 6.96. The lowest BCUT2D eigenvalue weighted by Crippen LogP contribution is -2.35. The molecule has 0 spiro atoms. The SMILES string of the molecule is c1ccc2sc(OCC[C@@H]3CCCCN3)nc2c1. The summed E-state index contributed by atoms with van der Waals surface area (Å²) in [5.41, 5.74) is 1.04. The van der Waals surface area contributed by atoms with Crippen molar-refractivity contribution < 1.29 is 4.74 Å². The number of rotatable bonds is 4. The molecule has 1 aliphatic rings. The molecule has 0 radical (unpaired) electrons. The molecule has 18 heavy (non-hydrogen) atoms. The second-order valence-corrected chi connectivity index (χ2v) is 5.72. The number of para-hydroxylation sites is 1. The zero-order valence-electron chi connectivity index (χ0n) is 10.4. The highest BCUT2D eigenvalue weighted by Gasteiger charge is 2.12. The van der Waals surface area contributed by atoms with Crippen LogP contribution in [0.3, 0.4) is 0 Å². The molecular weight excluding hydrogens is 244 g/mol. The molecule has 1 saturated heterocycles. The van der Waals surface area contributed by atoms with Crippen LogP contribution in [0.2, 0.25) is 0 Å². The molecule has 0 aliphatic carbocycles. The number of thiazole rings is 1. The van der Waals surface area contributed by atoms with Crippen LogP contribution in [0.15, 0.2) is 24.3 Å². The van der Waals surface area contributed by atoms with Gasteiger partial charge in [0.1, 0.15) is 0 Å². The third kappa shape index (κ3) is 2.82. The van der Waals surface area contributed by atoms with Crippen molar-refractivity contribution >= 4 is 21.6 Å². The first kappa shape index (κ1) is 11.9. The van der Waals surface area contributed by atoms with E-state index in [0.717, 1.165) is 30.3 Å². The fourth-order valence-electron chi connectivity index (χ4n) is 2.37. The fraction of sp³-hybridized carbons (Fsp3) is 0.500. The molecule has 1 aromatic heterocycles. The van der Waals surface area contributed by atoms with Crippen LogP contribution >= 0.6 is 11.3 Å². The number of nitrogens with zero attached hydrogens (tertiary/aromatic N) is 1. The number of piperidine rings is 1. The van der Waals surface area contributed by atoms with Crippen LogP contribution in [0.4, 0.5) is 0 Å². The number of hydrogen-bond acceptors (Lipinski definition) is 4. The Labute approximate surface area is 111 Å². The van der Waals surface area contributed by atoms with Gasteiger partial charge in [0.2, 0.25) is 0 Å². The second-order valence-electron chi connectivity index (χ2n) is 4.73. The van der Waals surface area contributed by atoms with Crippen molar-refractivity contribution in [1.82, 2.24) is 10.3 Å². The highest BCUT2D eigenvalue weighted by atomic mass is 32.1. The summed E-state index contributed by atoms with van der Waals surface area (Å²) in [5, 5.41) is 4.33. The molecule has 0 saturated carbocycles. The van der Waals surface area contributed by atoms with Gasteiger partial charge in [-0.1, -0.05) is 29.9 Å². The third-order valence-corrected chi connectivity index (χ3v) is 4.33. The summed E-state index contributed by atoms with van der Waals surface area (Å²) in [7, 11) is 0. The van der Waals surface area contributed by atoms with Gasteiger partial charge in [-0.05, 0) is 37.9 Å². The van der Waals surface area contributed by atoms with Crippen molar-refractivity contribution in [3.63, 3.8) is 0 Å². The Bertz CT molecular complexity index is 472. The molecule has 1 atom stereocenters. The Balaban J connectivity index is 1.53. The first-order valence-corrected chi connectivity index (χ1v) is 7.45. The first-order valence-electron chi connectivity index (χ1n) is 6.63. The average Bonchev–Trinajstić information content (AvgIpc) is 2.82. The van der Waals surface area contributed by atoms with E-state index in [4.69, 9.17) is 4.74 Å². The van der Waals surface area contributed by atoms with Gasteiger partial charge in [0, 0.05) is 6.04 Å². The predicted octanol–water partition coefficient (Wildman–Crippen LogP) is 3.21. The molecule has 1 fully saturated rings. The smallest absolute Gasteiger partial charge is 0.274 e. The van der Waals surface area contributed by atoms with E-state index in [-0.39, 0.29) is 0 Å². The molecule has 4 heteroatoms. The minimum atomic E-state index is 0.633. The van der Waals surface area contributed by atoms with Gasteiger partial charge in [0.05, 0.1) is 16.8 Å². The third-order valence-electron chi connectivity index (χ3n) is 3.38. The standard InChI is InChI=1S/C14H18N2OS/c1-2-7-13-12(6-1)16-14(18-13)17-10-8-11-5-3-4-9-15-11/h1-2,6-7,11,15H,3-5,8-10H2/t11-/m0/s1. The summed E-state index contributed by atoms with van der Waals surface area (Å²) in [6.45, 7) is 1.92. The first-order chi connectivity index (χ1) is 8.92. The van der Waals surface area contributed by atoms with Crippen molar-refractivity contribution in [2.24, 2.45) is 0 Å². The van der Waals surface area contributed by atoms with Crippen LogP contribution in [0, 0.1) is 0 Å². The molecule has 0 bridgehead atoms. The molecule has 0 amide bonds. The lowest BCUT2D eigenvalue weighted by Gasteiger charge is -2.22. The molecule has 0 unspecified atom stereocenters. The van der Waals surface area contributed by atoms with E-state index in [0.29, 0.717) is 6.04 Å². The maximum atomic E-state index is 5.76. The Hall–Kier alpha value is -1.13. The molecule has 1 N–H and O–H groups in total. The number of ether oxygens (including phenoxy) is 1. The molecule has 1 aliphatic heterocycles. The molecule has 3 rings (SSSR count). The van der Waals surface area contributed by atoms with Crippen molar-refractivity contribution in [2.45, 2.75) is 31.7 Å². The summed E-state index contributed by atoms with van der Waals surface area (Å²) in [5.74, 6) is 0.